The van der Waals surface area contributed by atoms with Crippen LogP contribution in [0.2, 0.25) is 0 Å². The summed E-state index contributed by atoms with van der Waals surface area (Å²) in [4.78, 5) is 10.5. The Hall–Kier alpha value is -0.410. The smallest absolute Gasteiger partial charge is 0.123 e. The van der Waals surface area contributed by atoms with Gasteiger partial charge in [0.15, 0.2) is 0 Å². The minimum absolute atomic E-state index is 0.162. The molecule has 62 valence electrons. The third-order valence-electron chi connectivity index (χ3n) is 2.13. The number of epoxide rings is 2. The van der Waals surface area contributed by atoms with Gasteiger partial charge < -0.3 is 14.3 Å². The summed E-state index contributed by atoms with van der Waals surface area (Å²) < 4.78 is 10.1. The van der Waals surface area contributed by atoms with Crippen molar-refractivity contribution in [1.29, 1.82) is 0 Å². The van der Waals surface area contributed by atoms with Crippen molar-refractivity contribution in [3.8, 4) is 0 Å². The topological polar surface area (TPSA) is 42.1 Å². The lowest BCUT2D eigenvalue weighted by Gasteiger charge is -2.04. The van der Waals surface area contributed by atoms with Crippen LogP contribution in [0.15, 0.2) is 0 Å². The molecule has 0 aromatic carbocycles. The molecule has 2 rings (SSSR count). The van der Waals surface area contributed by atoms with Crippen LogP contribution in [0, 0.1) is 5.92 Å². The summed E-state index contributed by atoms with van der Waals surface area (Å²) in [5.41, 5.74) is 0. The van der Waals surface area contributed by atoms with Crippen molar-refractivity contribution in [2.45, 2.75) is 25.0 Å². The zero-order valence-electron chi connectivity index (χ0n) is 6.36. The maximum Gasteiger partial charge on any atom is 0.123 e. The first kappa shape index (κ1) is 7.25. The molecule has 0 N–H and O–H groups in total. The van der Waals surface area contributed by atoms with Crippen molar-refractivity contribution >= 4 is 6.29 Å². The molecule has 0 spiro atoms. The van der Waals surface area contributed by atoms with Crippen LogP contribution in [0.5, 0.6) is 0 Å². The maximum atomic E-state index is 10.5. The van der Waals surface area contributed by atoms with Crippen LogP contribution in [-0.2, 0) is 14.3 Å². The predicted molar refractivity (Wildman–Crippen MR) is 38.3 cm³/mol. The van der Waals surface area contributed by atoms with Gasteiger partial charge >= 0.3 is 0 Å². The lowest BCUT2D eigenvalue weighted by molar-refractivity contribution is -0.111. The van der Waals surface area contributed by atoms with E-state index in [2.05, 4.69) is 0 Å². The summed E-state index contributed by atoms with van der Waals surface area (Å²) in [7, 11) is 0. The Morgan fingerprint density at radius 1 is 1.27 bits per heavy atom. The molecule has 3 heteroatoms. The van der Waals surface area contributed by atoms with E-state index in [1.54, 1.807) is 0 Å². The van der Waals surface area contributed by atoms with Crippen LogP contribution in [0.4, 0.5) is 0 Å². The molecular weight excluding hydrogens is 144 g/mol. The minimum Gasteiger partial charge on any atom is -0.373 e. The average Bonchev–Trinajstić information content (AvgIpc) is 2.78. The van der Waals surface area contributed by atoms with Gasteiger partial charge in [-0.25, -0.2) is 0 Å². The zero-order valence-corrected chi connectivity index (χ0v) is 6.36. The van der Waals surface area contributed by atoms with Crippen molar-refractivity contribution in [3.05, 3.63) is 0 Å². The molecule has 3 nitrogen and oxygen atoms in total. The van der Waals surface area contributed by atoms with Gasteiger partial charge in [-0.3, -0.25) is 0 Å². The number of hydrogen-bond acceptors (Lipinski definition) is 3. The molecule has 2 heterocycles. The van der Waals surface area contributed by atoms with E-state index >= 15 is 0 Å². The Balaban J connectivity index is 1.69. The van der Waals surface area contributed by atoms with Crippen LogP contribution < -0.4 is 0 Å². The molecule has 0 aromatic heterocycles. The number of aldehydes is 1. The molecule has 0 bridgehead atoms. The molecule has 2 atom stereocenters. The molecule has 0 aromatic rings. The second-order valence-corrected chi connectivity index (χ2v) is 3.28. The normalized spacial score (nSPS) is 36.4. The van der Waals surface area contributed by atoms with Crippen LogP contribution in [0.25, 0.3) is 0 Å². The Bertz CT molecular complexity index is 135. The number of ether oxygens (including phenoxy) is 2. The molecule has 2 aliphatic heterocycles. The first-order valence-electron chi connectivity index (χ1n) is 4.07. The van der Waals surface area contributed by atoms with Gasteiger partial charge in [-0.15, -0.1) is 0 Å². The molecule has 2 aliphatic rings. The highest BCUT2D eigenvalue weighted by Gasteiger charge is 2.31. The summed E-state index contributed by atoms with van der Waals surface area (Å²) in [6, 6.07) is 0. The standard InChI is InChI=1S/C8H12O3/c9-3-6(1-7-4-10-7)2-8-5-11-8/h3,6-8H,1-2,4-5H2. The number of carbonyl (C=O) groups excluding carboxylic acids is 1. The summed E-state index contributed by atoms with van der Waals surface area (Å²) in [6.45, 7) is 1.69. The molecule has 0 aliphatic carbocycles. The molecule has 0 amide bonds. The zero-order chi connectivity index (χ0) is 7.68. The fourth-order valence-corrected chi connectivity index (χ4v) is 1.29. The van der Waals surface area contributed by atoms with E-state index in [1.165, 1.54) is 0 Å². The largest absolute Gasteiger partial charge is 0.373 e. The number of carbonyl (C=O) groups is 1. The molecule has 0 saturated carbocycles. The highest BCUT2D eigenvalue weighted by Crippen LogP contribution is 2.25. The summed E-state index contributed by atoms with van der Waals surface area (Å²) in [5, 5.41) is 0. The van der Waals surface area contributed by atoms with E-state index in [4.69, 9.17) is 9.47 Å². The van der Waals surface area contributed by atoms with Gasteiger partial charge in [0, 0.05) is 5.92 Å². The second kappa shape index (κ2) is 2.91. The molecule has 2 saturated heterocycles. The first-order chi connectivity index (χ1) is 5.38. The Morgan fingerprint density at radius 3 is 2.00 bits per heavy atom. The molecule has 0 radical (unpaired) electrons. The SMILES string of the molecule is O=CC(CC1CO1)CC1CO1. The van der Waals surface area contributed by atoms with Crippen molar-refractivity contribution in [3.63, 3.8) is 0 Å². The van der Waals surface area contributed by atoms with Crippen molar-refractivity contribution in [2.75, 3.05) is 13.2 Å². The van der Waals surface area contributed by atoms with Crippen LogP contribution in [0.3, 0.4) is 0 Å². The van der Waals surface area contributed by atoms with Crippen LogP contribution >= 0.6 is 0 Å². The highest BCUT2D eigenvalue weighted by molar-refractivity contribution is 5.53. The average molecular weight is 156 g/mol. The van der Waals surface area contributed by atoms with E-state index in [1.807, 2.05) is 0 Å². The fourth-order valence-electron chi connectivity index (χ4n) is 1.29. The summed E-state index contributed by atoms with van der Waals surface area (Å²) in [6.07, 6.45) is 3.55. The van der Waals surface area contributed by atoms with Gasteiger partial charge in [0.05, 0.1) is 25.4 Å². The number of hydrogen-bond donors (Lipinski definition) is 0. The summed E-state index contributed by atoms with van der Waals surface area (Å²) >= 11 is 0. The van der Waals surface area contributed by atoms with Gasteiger partial charge in [-0.2, -0.15) is 0 Å². The molecule has 11 heavy (non-hydrogen) atoms. The molecular formula is C8H12O3. The van der Waals surface area contributed by atoms with E-state index in [-0.39, 0.29) is 5.92 Å². The minimum atomic E-state index is 0.162. The highest BCUT2D eigenvalue weighted by atomic mass is 16.6. The number of rotatable bonds is 5. The molecule has 2 unspecified atom stereocenters. The lowest BCUT2D eigenvalue weighted by atomic mass is 10.00. The first-order valence-corrected chi connectivity index (χ1v) is 4.07. The maximum absolute atomic E-state index is 10.5. The monoisotopic (exact) mass is 156 g/mol. The van der Waals surface area contributed by atoms with Gasteiger partial charge in [0.2, 0.25) is 0 Å². The van der Waals surface area contributed by atoms with Crippen LogP contribution in [0.1, 0.15) is 12.8 Å². The van der Waals surface area contributed by atoms with Gasteiger partial charge in [-0.1, -0.05) is 0 Å². The lowest BCUT2D eigenvalue weighted by Crippen LogP contribution is -2.08. The fraction of sp³-hybridized carbons (Fsp3) is 0.875. The van der Waals surface area contributed by atoms with Crippen molar-refractivity contribution in [2.24, 2.45) is 5.92 Å². The van der Waals surface area contributed by atoms with Gasteiger partial charge in [0.1, 0.15) is 6.29 Å². The predicted octanol–water partition coefficient (Wildman–Crippen LogP) is 0.379. The third kappa shape index (κ3) is 2.27. The van der Waals surface area contributed by atoms with E-state index in [9.17, 15) is 4.79 Å². The quantitative estimate of drug-likeness (QED) is 0.427. The van der Waals surface area contributed by atoms with Gasteiger partial charge in [-0.05, 0) is 12.8 Å². The Labute approximate surface area is 65.7 Å². The van der Waals surface area contributed by atoms with Crippen LogP contribution in [-0.4, -0.2) is 31.7 Å². The Kier molecular flexibility index (Phi) is 1.92. The van der Waals surface area contributed by atoms with E-state index in [0.29, 0.717) is 12.2 Å². The van der Waals surface area contributed by atoms with Gasteiger partial charge in [0.25, 0.3) is 0 Å². The Morgan fingerprint density at radius 2 is 1.73 bits per heavy atom. The second-order valence-electron chi connectivity index (χ2n) is 3.28. The van der Waals surface area contributed by atoms with Crippen molar-refractivity contribution < 1.29 is 14.3 Å². The van der Waals surface area contributed by atoms with Crippen molar-refractivity contribution in [1.82, 2.24) is 0 Å². The summed E-state index contributed by atoms with van der Waals surface area (Å²) in [5.74, 6) is 0.162. The van der Waals surface area contributed by atoms with E-state index < -0.39 is 0 Å². The third-order valence-corrected chi connectivity index (χ3v) is 2.13. The van der Waals surface area contributed by atoms with E-state index in [0.717, 1.165) is 32.3 Å². The molecule has 2 fully saturated rings.